The molecule has 1 aromatic carbocycles. The van der Waals surface area contributed by atoms with Crippen molar-refractivity contribution in [2.75, 3.05) is 20.2 Å². The number of benzene rings is 1. The van der Waals surface area contributed by atoms with E-state index in [-0.39, 0.29) is 17.6 Å². The van der Waals surface area contributed by atoms with Crippen LogP contribution in [-0.4, -0.2) is 36.0 Å². The summed E-state index contributed by atoms with van der Waals surface area (Å²) in [6.07, 6.45) is 1.40. The highest BCUT2D eigenvalue weighted by molar-refractivity contribution is 6.31. The number of hydrogen-bond donors (Lipinski definition) is 0. The molecule has 1 aliphatic rings. The lowest BCUT2D eigenvalue weighted by atomic mass is 9.96. The van der Waals surface area contributed by atoms with Crippen LogP contribution in [0.3, 0.4) is 0 Å². The first-order chi connectivity index (χ1) is 10.0. The van der Waals surface area contributed by atoms with Gasteiger partial charge in [-0.1, -0.05) is 17.7 Å². The molecule has 1 heterocycles. The zero-order valence-electron chi connectivity index (χ0n) is 11.8. The lowest BCUT2D eigenvalue weighted by Gasteiger charge is -2.30. The van der Waals surface area contributed by atoms with Crippen LogP contribution >= 0.6 is 11.6 Å². The number of piperidine rings is 1. The van der Waals surface area contributed by atoms with E-state index in [1.165, 1.54) is 13.2 Å². The number of methoxy groups -OCH3 is 1. The number of hydrogen-bond acceptors (Lipinski definition) is 5. The molecule has 1 aromatic rings. The van der Waals surface area contributed by atoms with Gasteiger partial charge in [-0.15, -0.1) is 0 Å². The van der Waals surface area contributed by atoms with Gasteiger partial charge in [-0.25, -0.2) is 0 Å². The molecule has 0 N–H and O–H groups in total. The highest BCUT2D eigenvalue weighted by Gasteiger charge is 2.27. The van der Waals surface area contributed by atoms with Gasteiger partial charge in [-0.3, -0.25) is 19.8 Å². The SMILES string of the molecule is COC(=O)C1CCN(Cc2c(Cl)cccc2[N+](=O)[O-])CC1. The van der Waals surface area contributed by atoms with Crippen LogP contribution in [0.4, 0.5) is 5.69 Å². The summed E-state index contributed by atoms with van der Waals surface area (Å²) in [6.45, 7) is 1.81. The monoisotopic (exact) mass is 312 g/mol. The molecular formula is C14H17ClN2O4. The lowest BCUT2D eigenvalue weighted by molar-refractivity contribution is -0.385. The number of nitro benzene ring substituents is 1. The smallest absolute Gasteiger partial charge is 0.308 e. The second-order valence-corrected chi connectivity index (χ2v) is 5.48. The normalized spacial score (nSPS) is 16.7. The predicted octanol–water partition coefficient (Wildman–Crippen LogP) is 2.63. The Labute approximate surface area is 127 Å². The average molecular weight is 313 g/mol. The summed E-state index contributed by atoms with van der Waals surface area (Å²) < 4.78 is 4.75. The van der Waals surface area contributed by atoms with E-state index in [4.69, 9.17) is 16.3 Å². The first-order valence-electron chi connectivity index (χ1n) is 6.75. The van der Waals surface area contributed by atoms with Crippen LogP contribution in [0.2, 0.25) is 5.02 Å². The van der Waals surface area contributed by atoms with Gasteiger partial charge in [-0.05, 0) is 32.0 Å². The molecule has 0 aliphatic carbocycles. The molecular weight excluding hydrogens is 296 g/mol. The van der Waals surface area contributed by atoms with Gasteiger partial charge in [0, 0.05) is 12.6 Å². The van der Waals surface area contributed by atoms with E-state index in [9.17, 15) is 14.9 Å². The Morgan fingerprint density at radius 1 is 1.48 bits per heavy atom. The van der Waals surface area contributed by atoms with Crippen molar-refractivity contribution in [3.05, 3.63) is 38.9 Å². The van der Waals surface area contributed by atoms with Crippen LogP contribution in [0.1, 0.15) is 18.4 Å². The largest absolute Gasteiger partial charge is 0.469 e. The number of likely N-dealkylation sites (tertiary alicyclic amines) is 1. The number of carbonyl (C=O) groups excluding carboxylic acids is 1. The van der Waals surface area contributed by atoms with E-state index in [2.05, 4.69) is 4.90 Å². The van der Waals surface area contributed by atoms with Crippen molar-refractivity contribution in [2.24, 2.45) is 5.92 Å². The fourth-order valence-corrected chi connectivity index (χ4v) is 2.82. The Bertz CT molecular complexity index is 542. The zero-order valence-corrected chi connectivity index (χ0v) is 12.5. The van der Waals surface area contributed by atoms with E-state index in [0.29, 0.717) is 43.1 Å². The predicted molar refractivity (Wildman–Crippen MR) is 78.1 cm³/mol. The second-order valence-electron chi connectivity index (χ2n) is 5.07. The van der Waals surface area contributed by atoms with Crippen LogP contribution in [-0.2, 0) is 16.1 Å². The Hall–Kier alpha value is -1.66. The van der Waals surface area contributed by atoms with Crippen LogP contribution in [0, 0.1) is 16.0 Å². The Morgan fingerprint density at radius 2 is 2.14 bits per heavy atom. The highest BCUT2D eigenvalue weighted by atomic mass is 35.5. The number of rotatable bonds is 4. The first-order valence-corrected chi connectivity index (χ1v) is 7.12. The molecule has 2 rings (SSSR count). The number of nitrogens with zero attached hydrogens (tertiary/aromatic N) is 2. The molecule has 0 bridgehead atoms. The summed E-state index contributed by atoms with van der Waals surface area (Å²) in [4.78, 5) is 24.2. The second kappa shape index (κ2) is 6.87. The van der Waals surface area contributed by atoms with Crippen LogP contribution in [0.5, 0.6) is 0 Å². The van der Waals surface area contributed by atoms with Crippen LogP contribution < -0.4 is 0 Å². The first kappa shape index (κ1) is 15.7. The Morgan fingerprint density at radius 3 is 2.71 bits per heavy atom. The van der Waals surface area contributed by atoms with Crippen molar-refractivity contribution in [3.8, 4) is 0 Å². The zero-order chi connectivity index (χ0) is 15.4. The molecule has 1 fully saturated rings. The summed E-state index contributed by atoms with van der Waals surface area (Å²) in [5.41, 5.74) is 0.568. The van der Waals surface area contributed by atoms with E-state index in [1.54, 1.807) is 12.1 Å². The quantitative estimate of drug-likeness (QED) is 0.485. The van der Waals surface area contributed by atoms with Crippen molar-refractivity contribution in [2.45, 2.75) is 19.4 Å². The molecule has 6 nitrogen and oxygen atoms in total. The van der Waals surface area contributed by atoms with E-state index < -0.39 is 4.92 Å². The van der Waals surface area contributed by atoms with Crippen molar-refractivity contribution in [1.82, 2.24) is 4.90 Å². The highest BCUT2D eigenvalue weighted by Crippen LogP contribution is 2.29. The minimum atomic E-state index is -0.414. The molecule has 0 atom stereocenters. The van der Waals surface area contributed by atoms with Gasteiger partial charge in [0.05, 0.1) is 28.5 Å². The molecule has 0 unspecified atom stereocenters. The fraction of sp³-hybridized carbons (Fsp3) is 0.500. The van der Waals surface area contributed by atoms with Crippen molar-refractivity contribution in [1.29, 1.82) is 0 Å². The van der Waals surface area contributed by atoms with Crippen LogP contribution in [0.25, 0.3) is 0 Å². The summed E-state index contributed by atoms with van der Waals surface area (Å²) in [6, 6.07) is 4.70. The number of halogens is 1. The van der Waals surface area contributed by atoms with Gasteiger partial charge < -0.3 is 4.74 Å². The summed E-state index contributed by atoms with van der Waals surface area (Å²) in [5, 5.41) is 11.5. The van der Waals surface area contributed by atoms with Gasteiger partial charge in [0.2, 0.25) is 0 Å². The molecule has 0 amide bonds. The molecule has 21 heavy (non-hydrogen) atoms. The topological polar surface area (TPSA) is 72.7 Å². The van der Waals surface area contributed by atoms with Gasteiger partial charge >= 0.3 is 5.97 Å². The van der Waals surface area contributed by atoms with Gasteiger partial charge in [-0.2, -0.15) is 0 Å². The summed E-state index contributed by atoms with van der Waals surface area (Å²) in [7, 11) is 1.39. The molecule has 1 aliphatic heterocycles. The third-order valence-electron chi connectivity index (χ3n) is 3.79. The van der Waals surface area contributed by atoms with E-state index in [0.717, 1.165) is 0 Å². The number of ether oxygens (including phenoxy) is 1. The maximum atomic E-state index is 11.5. The molecule has 0 saturated carbocycles. The van der Waals surface area contributed by atoms with Crippen LogP contribution in [0.15, 0.2) is 18.2 Å². The fourth-order valence-electron chi connectivity index (χ4n) is 2.59. The molecule has 7 heteroatoms. The number of carbonyl (C=O) groups is 1. The van der Waals surface area contributed by atoms with E-state index >= 15 is 0 Å². The van der Waals surface area contributed by atoms with Gasteiger partial charge in [0.1, 0.15) is 0 Å². The summed E-state index contributed by atoms with van der Waals surface area (Å²) >= 11 is 6.09. The number of esters is 1. The minimum absolute atomic E-state index is 0.0394. The van der Waals surface area contributed by atoms with E-state index in [1.807, 2.05) is 0 Å². The lowest BCUT2D eigenvalue weighted by Crippen LogP contribution is -2.36. The van der Waals surface area contributed by atoms with Crippen molar-refractivity contribution in [3.63, 3.8) is 0 Å². The Kier molecular flexibility index (Phi) is 5.14. The molecule has 0 radical (unpaired) electrons. The Balaban J connectivity index is 2.04. The van der Waals surface area contributed by atoms with Crippen molar-refractivity contribution < 1.29 is 14.5 Å². The average Bonchev–Trinajstić information content (AvgIpc) is 2.49. The molecule has 114 valence electrons. The van der Waals surface area contributed by atoms with Crippen molar-refractivity contribution >= 4 is 23.3 Å². The van der Waals surface area contributed by atoms with Gasteiger partial charge in [0.25, 0.3) is 5.69 Å². The third kappa shape index (κ3) is 3.71. The summed E-state index contributed by atoms with van der Waals surface area (Å²) in [5.74, 6) is -0.258. The third-order valence-corrected chi connectivity index (χ3v) is 4.15. The molecule has 0 spiro atoms. The molecule has 1 saturated heterocycles. The maximum Gasteiger partial charge on any atom is 0.308 e. The molecule has 0 aromatic heterocycles. The van der Waals surface area contributed by atoms with Gasteiger partial charge in [0.15, 0.2) is 0 Å². The maximum absolute atomic E-state index is 11.5. The number of nitro groups is 1. The standard InChI is InChI=1S/C14H17ClN2O4/c1-21-14(18)10-5-7-16(8-6-10)9-11-12(15)3-2-4-13(11)17(19)20/h2-4,10H,5-9H2,1H3. The minimum Gasteiger partial charge on any atom is -0.469 e.